The van der Waals surface area contributed by atoms with Gasteiger partial charge in [0.25, 0.3) is 0 Å². The monoisotopic (exact) mass is 336 g/mol. The fraction of sp³-hybridized carbons (Fsp3) is 0.154. The zero-order valence-corrected chi connectivity index (χ0v) is 12.5. The van der Waals surface area contributed by atoms with Crippen LogP contribution in [0.2, 0.25) is 5.28 Å². The summed E-state index contributed by atoms with van der Waals surface area (Å²) in [6.07, 6.45) is 1.57. The highest BCUT2D eigenvalue weighted by Gasteiger charge is 2.14. The largest absolute Gasteiger partial charge is 0.311 e. The summed E-state index contributed by atoms with van der Waals surface area (Å²) < 4.78 is 0.900. The molecule has 0 saturated carbocycles. The van der Waals surface area contributed by atoms with Gasteiger partial charge >= 0.3 is 0 Å². The zero-order valence-electron chi connectivity index (χ0n) is 10.1. The molecule has 1 aromatic heterocycles. The van der Waals surface area contributed by atoms with E-state index in [1.54, 1.807) is 17.2 Å². The summed E-state index contributed by atoms with van der Waals surface area (Å²) in [6, 6.07) is 9.75. The van der Waals surface area contributed by atoms with Crippen molar-refractivity contribution < 1.29 is 0 Å². The fourth-order valence-electron chi connectivity index (χ4n) is 1.67. The topological polar surface area (TPSA) is 52.8 Å². The molecule has 0 saturated heterocycles. The highest BCUT2D eigenvalue weighted by molar-refractivity contribution is 9.10. The normalized spacial score (nSPS) is 10.0. The van der Waals surface area contributed by atoms with Gasteiger partial charge in [-0.2, -0.15) is 5.26 Å². The third kappa shape index (κ3) is 3.22. The van der Waals surface area contributed by atoms with E-state index >= 15 is 0 Å². The van der Waals surface area contributed by atoms with Crippen LogP contribution in [0.4, 0.5) is 11.5 Å². The first kappa shape index (κ1) is 13.8. The van der Waals surface area contributed by atoms with Crippen LogP contribution >= 0.6 is 27.5 Å². The lowest BCUT2D eigenvalue weighted by Crippen LogP contribution is -2.19. The van der Waals surface area contributed by atoms with Crippen molar-refractivity contribution in [3.05, 3.63) is 45.8 Å². The molecule has 0 aliphatic carbocycles. The molecule has 4 nitrogen and oxygen atoms in total. The predicted octanol–water partition coefficient (Wildman–Crippen LogP) is 3.86. The Kier molecular flexibility index (Phi) is 4.35. The number of aromatic nitrogens is 2. The summed E-state index contributed by atoms with van der Waals surface area (Å²) >= 11 is 9.30. The molecule has 2 aromatic rings. The Morgan fingerprint density at radius 1 is 1.42 bits per heavy atom. The maximum atomic E-state index is 8.99. The Labute approximate surface area is 124 Å². The smallest absolute Gasteiger partial charge is 0.224 e. The van der Waals surface area contributed by atoms with Gasteiger partial charge in [-0.25, -0.2) is 9.97 Å². The molecule has 0 spiro atoms. The van der Waals surface area contributed by atoms with Gasteiger partial charge in [0, 0.05) is 10.7 Å². The van der Waals surface area contributed by atoms with Crippen LogP contribution in [-0.4, -0.2) is 16.5 Å². The first-order valence-electron chi connectivity index (χ1n) is 5.51. The molecule has 19 heavy (non-hydrogen) atoms. The van der Waals surface area contributed by atoms with E-state index in [2.05, 4.69) is 32.0 Å². The minimum atomic E-state index is 0.156. The number of hydrogen-bond acceptors (Lipinski definition) is 4. The van der Waals surface area contributed by atoms with Gasteiger partial charge in [-0.3, -0.25) is 0 Å². The van der Waals surface area contributed by atoms with Gasteiger partial charge in [-0.1, -0.05) is 6.07 Å². The summed E-state index contributed by atoms with van der Waals surface area (Å²) in [5.74, 6) is 0.589. The molecule has 0 radical (unpaired) electrons. The number of rotatable bonds is 3. The van der Waals surface area contributed by atoms with Crippen molar-refractivity contribution in [3.63, 3.8) is 0 Å². The molecule has 6 heteroatoms. The van der Waals surface area contributed by atoms with E-state index in [-0.39, 0.29) is 11.8 Å². The molecule has 0 aliphatic heterocycles. The molecule has 0 aliphatic rings. The third-order valence-corrected chi connectivity index (χ3v) is 3.33. The molecule has 96 valence electrons. The molecular formula is C13H10BrClN4. The quantitative estimate of drug-likeness (QED) is 0.630. The molecular weight excluding hydrogens is 328 g/mol. The van der Waals surface area contributed by atoms with Crippen molar-refractivity contribution in [2.45, 2.75) is 6.92 Å². The Balaban J connectivity index is 2.49. The predicted molar refractivity (Wildman–Crippen MR) is 78.5 cm³/mol. The van der Waals surface area contributed by atoms with Crippen molar-refractivity contribution in [2.24, 2.45) is 0 Å². The van der Waals surface area contributed by atoms with Crippen LogP contribution in [0.5, 0.6) is 0 Å². The van der Waals surface area contributed by atoms with E-state index in [9.17, 15) is 0 Å². The van der Waals surface area contributed by atoms with E-state index in [1.807, 2.05) is 25.1 Å². The van der Waals surface area contributed by atoms with E-state index in [0.29, 0.717) is 5.82 Å². The summed E-state index contributed by atoms with van der Waals surface area (Å²) in [4.78, 5) is 9.76. The Morgan fingerprint density at radius 3 is 2.84 bits per heavy atom. The van der Waals surface area contributed by atoms with Gasteiger partial charge in [-0.05, 0) is 58.2 Å². The van der Waals surface area contributed by atoms with Crippen LogP contribution < -0.4 is 4.90 Å². The minimum absolute atomic E-state index is 0.156. The van der Waals surface area contributed by atoms with Crippen molar-refractivity contribution in [1.29, 1.82) is 5.26 Å². The van der Waals surface area contributed by atoms with Gasteiger partial charge in [0.15, 0.2) is 0 Å². The molecule has 0 amide bonds. The summed E-state index contributed by atoms with van der Waals surface area (Å²) in [6.45, 7) is 2.18. The van der Waals surface area contributed by atoms with Crippen LogP contribution in [0, 0.1) is 18.3 Å². The average Bonchev–Trinajstić information content (AvgIpc) is 2.37. The highest BCUT2D eigenvalue weighted by atomic mass is 79.9. The van der Waals surface area contributed by atoms with Gasteiger partial charge in [-0.15, -0.1) is 0 Å². The number of halogens is 2. The molecule has 1 heterocycles. The molecule has 2 rings (SSSR count). The Bertz CT molecular complexity index is 639. The van der Waals surface area contributed by atoms with Crippen molar-refractivity contribution >= 4 is 39.0 Å². The molecule has 0 fully saturated rings. The minimum Gasteiger partial charge on any atom is -0.311 e. The first-order chi connectivity index (χ1) is 9.11. The lowest BCUT2D eigenvalue weighted by molar-refractivity contribution is 1.02. The van der Waals surface area contributed by atoms with E-state index in [0.717, 1.165) is 15.7 Å². The van der Waals surface area contributed by atoms with Crippen LogP contribution in [0.25, 0.3) is 0 Å². The second-order valence-corrected chi connectivity index (χ2v) is 5.08. The van der Waals surface area contributed by atoms with Gasteiger partial charge in [0.05, 0.1) is 11.8 Å². The van der Waals surface area contributed by atoms with Crippen molar-refractivity contribution in [2.75, 3.05) is 11.4 Å². The lowest BCUT2D eigenvalue weighted by Gasteiger charge is -2.22. The number of aryl methyl sites for hydroxylation is 1. The van der Waals surface area contributed by atoms with Crippen LogP contribution in [0.3, 0.4) is 0 Å². The Morgan fingerprint density at radius 2 is 2.21 bits per heavy atom. The second-order valence-electron chi connectivity index (χ2n) is 3.88. The summed E-state index contributed by atoms with van der Waals surface area (Å²) in [5.41, 5.74) is 2.00. The van der Waals surface area contributed by atoms with Gasteiger partial charge in [0.2, 0.25) is 5.28 Å². The standard InChI is InChI=1S/C13H10BrClN4/c1-9-2-3-11(10(14)8-9)19(7-5-16)12-4-6-17-13(15)18-12/h2-4,6,8H,7H2,1H3. The van der Waals surface area contributed by atoms with Gasteiger partial charge in [0.1, 0.15) is 12.4 Å². The van der Waals surface area contributed by atoms with Crippen LogP contribution in [0.1, 0.15) is 5.56 Å². The molecule has 0 bridgehead atoms. The number of nitriles is 1. The zero-order chi connectivity index (χ0) is 13.8. The molecule has 0 N–H and O–H groups in total. The van der Waals surface area contributed by atoms with Crippen LogP contribution in [0.15, 0.2) is 34.9 Å². The maximum absolute atomic E-state index is 8.99. The second kappa shape index (κ2) is 6.00. The van der Waals surface area contributed by atoms with E-state index in [4.69, 9.17) is 16.9 Å². The first-order valence-corrected chi connectivity index (χ1v) is 6.68. The summed E-state index contributed by atoms with van der Waals surface area (Å²) in [5, 5.41) is 9.15. The fourth-order valence-corrected chi connectivity index (χ4v) is 2.52. The molecule has 0 unspecified atom stereocenters. The average molecular weight is 338 g/mol. The van der Waals surface area contributed by atoms with E-state index in [1.165, 1.54) is 0 Å². The van der Waals surface area contributed by atoms with Crippen molar-refractivity contribution in [3.8, 4) is 6.07 Å². The number of benzene rings is 1. The number of hydrogen-bond donors (Lipinski definition) is 0. The highest BCUT2D eigenvalue weighted by Crippen LogP contribution is 2.31. The van der Waals surface area contributed by atoms with E-state index < -0.39 is 0 Å². The SMILES string of the molecule is Cc1ccc(N(CC#N)c2ccnc(Cl)n2)c(Br)c1. The lowest BCUT2D eigenvalue weighted by atomic mass is 10.2. The number of nitrogens with zero attached hydrogens (tertiary/aromatic N) is 4. The van der Waals surface area contributed by atoms with Crippen LogP contribution in [-0.2, 0) is 0 Å². The molecule has 0 atom stereocenters. The number of anilines is 2. The maximum Gasteiger partial charge on any atom is 0.224 e. The molecule has 1 aromatic carbocycles. The Hall–Kier alpha value is -1.64. The van der Waals surface area contributed by atoms with Gasteiger partial charge < -0.3 is 4.90 Å². The van der Waals surface area contributed by atoms with Crippen molar-refractivity contribution in [1.82, 2.24) is 9.97 Å². The third-order valence-electron chi connectivity index (χ3n) is 2.51. The summed E-state index contributed by atoms with van der Waals surface area (Å²) in [7, 11) is 0.